The van der Waals surface area contributed by atoms with Crippen LogP contribution >= 0.6 is 11.6 Å². The van der Waals surface area contributed by atoms with Gasteiger partial charge in [0.1, 0.15) is 6.10 Å². The van der Waals surface area contributed by atoms with Gasteiger partial charge in [-0.1, -0.05) is 17.7 Å². The van der Waals surface area contributed by atoms with Crippen molar-refractivity contribution in [3.63, 3.8) is 0 Å². The van der Waals surface area contributed by atoms with Crippen LogP contribution in [0, 0.1) is 0 Å². The lowest BCUT2D eigenvalue weighted by molar-refractivity contribution is 0.123. The fourth-order valence-corrected chi connectivity index (χ4v) is 3.32. The van der Waals surface area contributed by atoms with E-state index in [2.05, 4.69) is 10.0 Å². The molecule has 7 heteroatoms. The zero-order valence-corrected chi connectivity index (χ0v) is 13.2. The van der Waals surface area contributed by atoms with Crippen LogP contribution in [0.15, 0.2) is 41.5 Å². The van der Waals surface area contributed by atoms with Gasteiger partial charge in [-0.2, -0.15) is 0 Å². The van der Waals surface area contributed by atoms with Gasteiger partial charge in [0.05, 0.1) is 11.2 Å². The fourth-order valence-electron chi connectivity index (χ4n) is 1.99. The SMILES string of the molecule is O=S(=O)(NCCNC[C@H]1CCC=CO1)c1cccc(Cl)c1. The van der Waals surface area contributed by atoms with Crippen LogP contribution in [-0.2, 0) is 14.8 Å². The highest BCUT2D eigenvalue weighted by atomic mass is 35.5. The normalized spacial score (nSPS) is 18.4. The summed E-state index contributed by atoms with van der Waals surface area (Å²) in [5.41, 5.74) is 0. The fraction of sp³-hybridized carbons (Fsp3) is 0.429. The average Bonchev–Trinajstić information content (AvgIpc) is 2.48. The van der Waals surface area contributed by atoms with Gasteiger partial charge in [-0.15, -0.1) is 0 Å². The number of ether oxygens (including phenoxy) is 1. The molecule has 0 saturated carbocycles. The lowest BCUT2D eigenvalue weighted by atomic mass is 10.1. The number of hydrogen-bond donors (Lipinski definition) is 2. The Labute approximate surface area is 130 Å². The average molecular weight is 331 g/mol. The molecule has 1 heterocycles. The number of rotatable bonds is 7. The predicted molar refractivity (Wildman–Crippen MR) is 82.8 cm³/mol. The second-order valence-electron chi connectivity index (χ2n) is 4.77. The number of sulfonamides is 1. The van der Waals surface area contributed by atoms with E-state index in [0.717, 1.165) is 12.8 Å². The number of benzene rings is 1. The Morgan fingerprint density at radius 1 is 1.33 bits per heavy atom. The van der Waals surface area contributed by atoms with Crippen molar-refractivity contribution in [2.45, 2.75) is 23.8 Å². The third kappa shape index (κ3) is 5.32. The van der Waals surface area contributed by atoms with E-state index in [-0.39, 0.29) is 11.0 Å². The zero-order valence-electron chi connectivity index (χ0n) is 11.6. The molecule has 0 saturated heterocycles. The van der Waals surface area contributed by atoms with E-state index in [1.807, 2.05) is 6.08 Å². The first-order chi connectivity index (χ1) is 10.1. The van der Waals surface area contributed by atoms with Gasteiger partial charge in [0.25, 0.3) is 0 Å². The highest BCUT2D eigenvalue weighted by Gasteiger charge is 2.14. The first-order valence-electron chi connectivity index (χ1n) is 6.84. The van der Waals surface area contributed by atoms with Crippen molar-refractivity contribution in [3.05, 3.63) is 41.6 Å². The number of allylic oxidation sites excluding steroid dienone is 1. The molecule has 0 fully saturated rings. The monoisotopic (exact) mass is 330 g/mol. The van der Waals surface area contributed by atoms with Gasteiger partial charge in [-0.25, -0.2) is 13.1 Å². The minimum Gasteiger partial charge on any atom is -0.497 e. The highest BCUT2D eigenvalue weighted by Crippen LogP contribution is 2.14. The van der Waals surface area contributed by atoms with Gasteiger partial charge < -0.3 is 10.1 Å². The molecule has 21 heavy (non-hydrogen) atoms. The van der Waals surface area contributed by atoms with Crippen LogP contribution in [0.5, 0.6) is 0 Å². The van der Waals surface area contributed by atoms with Crippen LogP contribution in [0.4, 0.5) is 0 Å². The Morgan fingerprint density at radius 3 is 2.90 bits per heavy atom. The van der Waals surface area contributed by atoms with E-state index in [0.29, 0.717) is 24.7 Å². The summed E-state index contributed by atoms with van der Waals surface area (Å²) in [5, 5.41) is 3.58. The van der Waals surface area contributed by atoms with Gasteiger partial charge >= 0.3 is 0 Å². The molecule has 0 spiro atoms. The Balaban J connectivity index is 1.71. The number of halogens is 1. The van der Waals surface area contributed by atoms with Gasteiger partial charge in [0.2, 0.25) is 10.0 Å². The molecular formula is C14H19ClN2O3S. The van der Waals surface area contributed by atoms with Crippen LogP contribution < -0.4 is 10.0 Å². The first-order valence-corrected chi connectivity index (χ1v) is 8.70. The molecule has 1 aromatic carbocycles. The van der Waals surface area contributed by atoms with Crippen LogP contribution in [0.1, 0.15) is 12.8 Å². The van der Waals surface area contributed by atoms with Gasteiger partial charge in [-0.3, -0.25) is 0 Å². The molecule has 0 radical (unpaired) electrons. The van der Waals surface area contributed by atoms with Crippen LogP contribution in [0.2, 0.25) is 5.02 Å². The third-order valence-corrected chi connectivity index (χ3v) is 4.79. The summed E-state index contributed by atoms with van der Waals surface area (Å²) in [5.74, 6) is 0. The Hall–Kier alpha value is -1.08. The molecule has 2 N–H and O–H groups in total. The molecule has 0 bridgehead atoms. The second kappa shape index (κ2) is 7.79. The molecule has 1 aliphatic rings. The third-order valence-electron chi connectivity index (χ3n) is 3.09. The smallest absolute Gasteiger partial charge is 0.240 e. The van der Waals surface area contributed by atoms with Gasteiger partial charge in [0.15, 0.2) is 0 Å². The van der Waals surface area contributed by atoms with E-state index in [9.17, 15) is 8.42 Å². The van der Waals surface area contributed by atoms with E-state index >= 15 is 0 Å². The zero-order chi connectivity index (χ0) is 15.1. The van der Waals surface area contributed by atoms with E-state index in [4.69, 9.17) is 16.3 Å². The summed E-state index contributed by atoms with van der Waals surface area (Å²) in [6, 6.07) is 6.20. The second-order valence-corrected chi connectivity index (χ2v) is 6.97. The van der Waals surface area contributed by atoms with Crippen molar-refractivity contribution in [1.29, 1.82) is 0 Å². The lowest BCUT2D eigenvalue weighted by Crippen LogP contribution is -2.36. The Kier molecular flexibility index (Phi) is 6.05. The standard InChI is InChI=1S/C14H19ClN2O3S/c15-12-4-3-6-14(10-12)21(18,19)17-8-7-16-11-13-5-1-2-9-20-13/h2-4,6,9-10,13,16-17H,1,5,7-8,11H2/t13-/m1/s1. The van der Waals surface area contributed by atoms with Gasteiger partial charge in [0, 0.05) is 24.7 Å². The largest absolute Gasteiger partial charge is 0.497 e. The molecule has 1 atom stereocenters. The van der Waals surface area contributed by atoms with Crippen molar-refractivity contribution in [3.8, 4) is 0 Å². The molecule has 0 aliphatic carbocycles. The number of hydrogen-bond acceptors (Lipinski definition) is 4. The first kappa shape index (κ1) is 16.3. The van der Waals surface area contributed by atoms with Crippen molar-refractivity contribution in [2.24, 2.45) is 0 Å². The van der Waals surface area contributed by atoms with E-state index in [1.165, 1.54) is 12.1 Å². The maximum Gasteiger partial charge on any atom is 0.240 e. The minimum absolute atomic E-state index is 0.166. The van der Waals surface area contributed by atoms with Crippen molar-refractivity contribution in [2.75, 3.05) is 19.6 Å². The number of nitrogens with one attached hydrogen (secondary N) is 2. The summed E-state index contributed by atoms with van der Waals surface area (Å²) in [7, 11) is -3.50. The van der Waals surface area contributed by atoms with Crippen LogP contribution in [0.25, 0.3) is 0 Å². The topological polar surface area (TPSA) is 67.4 Å². The van der Waals surface area contributed by atoms with Crippen LogP contribution in [0.3, 0.4) is 0 Å². The maximum absolute atomic E-state index is 12.0. The summed E-state index contributed by atoms with van der Waals surface area (Å²) in [4.78, 5) is 0.177. The molecule has 0 amide bonds. The maximum atomic E-state index is 12.0. The molecule has 2 rings (SSSR count). The Bertz CT molecular complexity index is 590. The van der Waals surface area contributed by atoms with E-state index < -0.39 is 10.0 Å². The molecule has 1 aromatic rings. The molecule has 0 unspecified atom stereocenters. The molecule has 5 nitrogen and oxygen atoms in total. The quantitative estimate of drug-likeness (QED) is 0.749. The highest BCUT2D eigenvalue weighted by molar-refractivity contribution is 7.89. The lowest BCUT2D eigenvalue weighted by Gasteiger charge is -2.19. The van der Waals surface area contributed by atoms with Crippen molar-refractivity contribution < 1.29 is 13.2 Å². The van der Waals surface area contributed by atoms with Crippen molar-refractivity contribution >= 4 is 21.6 Å². The van der Waals surface area contributed by atoms with E-state index in [1.54, 1.807) is 18.4 Å². The molecule has 1 aliphatic heterocycles. The summed E-state index contributed by atoms with van der Waals surface area (Å²) in [6.07, 6.45) is 5.89. The molecule has 0 aromatic heterocycles. The summed E-state index contributed by atoms with van der Waals surface area (Å²) in [6.45, 7) is 1.57. The summed E-state index contributed by atoms with van der Waals surface area (Å²) < 4.78 is 32.0. The Morgan fingerprint density at radius 2 is 2.19 bits per heavy atom. The minimum atomic E-state index is -3.50. The van der Waals surface area contributed by atoms with Crippen LogP contribution in [-0.4, -0.2) is 34.2 Å². The predicted octanol–water partition coefficient (Wildman–Crippen LogP) is 1.90. The van der Waals surface area contributed by atoms with Gasteiger partial charge in [-0.05, 0) is 37.1 Å². The molecule has 116 valence electrons. The molecular weight excluding hydrogens is 312 g/mol. The van der Waals surface area contributed by atoms with Crippen molar-refractivity contribution in [1.82, 2.24) is 10.0 Å². The summed E-state index contributed by atoms with van der Waals surface area (Å²) >= 11 is 5.80.